The molecule has 122 valence electrons. The number of hydrogen-bond acceptors (Lipinski definition) is 3. The molecule has 2 heterocycles. The predicted octanol–water partition coefficient (Wildman–Crippen LogP) is 3.79. The minimum absolute atomic E-state index is 0.545. The minimum atomic E-state index is 0.545. The van der Waals surface area contributed by atoms with E-state index in [1.807, 2.05) is 0 Å². The first-order chi connectivity index (χ1) is 10.8. The highest BCUT2D eigenvalue weighted by atomic mass is 16.5. The molecule has 3 rings (SSSR count). The van der Waals surface area contributed by atoms with Gasteiger partial charge < -0.3 is 14.5 Å². The summed E-state index contributed by atoms with van der Waals surface area (Å²) in [4.78, 5) is 5.21. The molecular weight excluding hydrogens is 272 g/mol. The Kier molecular flexibility index (Phi) is 4.92. The topological polar surface area (TPSA) is 15.7 Å². The van der Waals surface area contributed by atoms with E-state index < -0.39 is 0 Å². The second kappa shape index (κ2) is 6.91. The number of rotatable bonds is 5. The molecule has 0 atom stereocenters. The zero-order valence-electron chi connectivity index (χ0n) is 14.2. The third-order valence-corrected chi connectivity index (χ3v) is 5.61. The number of para-hydroxylation sites is 2. The second-order valence-electron chi connectivity index (χ2n) is 7.04. The molecular formula is C19H30N2O. The van der Waals surface area contributed by atoms with Gasteiger partial charge in [0.25, 0.3) is 0 Å². The first kappa shape index (κ1) is 15.7. The molecule has 3 nitrogen and oxygen atoms in total. The zero-order chi connectivity index (χ0) is 15.4. The minimum Gasteiger partial charge on any atom is -0.495 e. The number of anilines is 1. The molecule has 2 aliphatic heterocycles. The maximum atomic E-state index is 5.54. The van der Waals surface area contributed by atoms with Crippen LogP contribution in [0.5, 0.6) is 5.75 Å². The standard InChI is InChI=1S/C19H30N2O/c1-3-4-12-20-13-9-19(10-14-20)11-15-21(16-19)17-7-5-6-8-18(17)22-2/h5-8H,3-4,9-16H2,1-2H3. The lowest BCUT2D eigenvalue weighted by molar-refractivity contribution is 0.119. The quantitative estimate of drug-likeness (QED) is 0.823. The summed E-state index contributed by atoms with van der Waals surface area (Å²) in [5.41, 5.74) is 1.82. The van der Waals surface area contributed by atoms with Crippen molar-refractivity contribution < 1.29 is 4.74 Å². The van der Waals surface area contributed by atoms with Gasteiger partial charge in [0.1, 0.15) is 5.75 Å². The first-order valence-electron chi connectivity index (χ1n) is 8.87. The number of hydrogen-bond donors (Lipinski definition) is 0. The molecule has 3 heteroatoms. The molecule has 2 aliphatic rings. The highest BCUT2D eigenvalue weighted by Crippen LogP contribution is 2.43. The van der Waals surface area contributed by atoms with Crippen LogP contribution in [0.25, 0.3) is 0 Å². The van der Waals surface area contributed by atoms with Gasteiger partial charge >= 0.3 is 0 Å². The summed E-state index contributed by atoms with van der Waals surface area (Å²) in [5.74, 6) is 1.01. The highest BCUT2D eigenvalue weighted by Gasteiger charge is 2.40. The Morgan fingerprint density at radius 3 is 2.55 bits per heavy atom. The molecule has 0 radical (unpaired) electrons. The fraction of sp³-hybridized carbons (Fsp3) is 0.684. The van der Waals surface area contributed by atoms with Gasteiger partial charge in [-0.1, -0.05) is 25.5 Å². The van der Waals surface area contributed by atoms with Crippen LogP contribution in [0.3, 0.4) is 0 Å². The van der Waals surface area contributed by atoms with Crippen molar-refractivity contribution in [1.29, 1.82) is 0 Å². The van der Waals surface area contributed by atoms with Crippen LogP contribution < -0.4 is 9.64 Å². The molecule has 0 aliphatic carbocycles. The molecule has 22 heavy (non-hydrogen) atoms. The van der Waals surface area contributed by atoms with E-state index in [4.69, 9.17) is 4.74 Å². The highest BCUT2D eigenvalue weighted by molar-refractivity contribution is 5.59. The van der Waals surface area contributed by atoms with Crippen LogP contribution in [0.15, 0.2) is 24.3 Å². The van der Waals surface area contributed by atoms with Crippen molar-refractivity contribution in [2.45, 2.75) is 39.0 Å². The van der Waals surface area contributed by atoms with Gasteiger partial charge in [-0.05, 0) is 62.9 Å². The fourth-order valence-corrected chi connectivity index (χ4v) is 4.07. The molecule has 0 N–H and O–H groups in total. The maximum absolute atomic E-state index is 5.54. The molecule has 1 aromatic carbocycles. The summed E-state index contributed by atoms with van der Waals surface area (Å²) in [6, 6.07) is 8.46. The Balaban J connectivity index is 1.61. The summed E-state index contributed by atoms with van der Waals surface area (Å²) < 4.78 is 5.54. The Hall–Kier alpha value is -1.22. The van der Waals surface area contributed by atoms with Crippen molar-refractivity contribution in [3.63, 3.8) is 0 Å². The zero-order valence-corrected chi connectivity index (χ0v) is 14.2. The largest absolute Gasteiger partial charge is 0.495 e. The molecule has 0 amide bonds. The third-order valence-electron chi connectivity index (χ3n) is 5.61. The fourth-order valence-electron chi connectivity index (χ4n) is 4.07. The van der Waals surface area contributed by atoms with E-state index in [0.717, 1.165) is 5.75 Å². The molecule has 0 bridgehead atoms. The van der Waals surface area contributed by atoms with E-state index in [0.29, 0.717) is 5.41 Å². The molecule has 0 unspecified atom stereocenters. The molecule has 2 saturated heterocycles. The maximum Gasteiger partial charge on any atom is 0.142 e. The van der Waals surface area contributed by atoms with Gasteiger partial charge in [-0.25, -0.2) is 0 Å². The summed E-state index contributed by atoms with van der Waals surface area (Å²) >= 11 is 0. The summed E-state index contributed by atoms with van der Waals surface area (Å²) in [5, 5.41) is 0. The van der Waals surface area contributed by atoms with Crippen LogP contribution in [0, 0.1) is 5.41 Å². The van der Waals surface area contributed by atoms with Crippen molar-refractivity contribution in [3.8, 4) is 5.75 Å². The predicted molar refractivity (Wildman–Crippen MR) is 92.8 cm³/mol. The van der Waals surface area contributed by atoms with E-state index >= 15 is 0 Å². The van der Waals surface area contributed by atoms with E-state index in [9.17, 15) is 0 Å². The number of piperidine rings is 1. The Morgan fingerprint density at radius 1 is 1.09 bits per heavy atom. The molecule has 1 aromatic rings. The van der Waals surface area contributed by atoms with E-state index in [2.05, 4.69) is 41.0 Å². The molecule has 2 fully saturated rings. The average Bonchev–Trinajstić information content (AvgIpc) is 2.98. The molecule has 0 saturated carbocycles. The summed E-state index contributed by atoms with van der Waals surface area (Å²) in [6.07, 6.45) is 6.72. The van der Waals surface area contributed by atoms with Gasteiger partial charge in [-0.15, -0.1) is 0 Å². The number of likely N-dealkylation sites (tertiary alicyclic amines) is 1. The van der Waals surface area contributed by atoms with Crippen LogP contribution in [-0.4, -0.2) is 44.7 Å². The number of unbranched alkanes of at least 4 members (excludes halogenated alkanes) is 1. The van der Waals surface area contributed by atoms with Crippen LogP contribution in [-0.2, 0) is 0 Å². The first-order valence-corrected chi connectivity index (χ1v) is 8.87. The van der Waals surface area contributed by atoms with Gasteiger partial charge in [-0.2, -0.15) is 0 Å². The van der Waals surface area contributed by atoms with E-state index in [-0.39, 0.29) is 0 Å². The average molecular weight is 302 g/mol. The van der Waals surface area contributed by atoms with Gasteiger partial charge in [0.2, 0.25) is 0 Å². The van der Waals surface area contributed by atoms with E-state index in [1.165, 1.54) is 70.5 Å². The number of nitrogens with zero attached hydrogens (tertiary/aromatic N) is 2. The summed E-state index contributed by atoms with van der Waals surface area (Å²) in [6.45, 7) is 8.54. The number of ether oxygens (including phenoxy) is 1. The van der Waals surface area contributed by atoms with Crippen molar-refractivity contribution >= 4 is 5.69 Å². The third kappa shape index (κ3) is 3.24. The van der Waals surface area contributed by atoms with Crippen LogP contribution in [0.2, 0.25) is 0 Å². The SMILES string of the molecule is CCCCN1CCC2(CC1)CCN(c1ccccc1OC)C2. The van der Waals surface area contributed by atoms with Gasteiger partial charge in [-0.3, -0.25) is 0 Å². The van der Waals surface area contributed by atoms with Gasteiger partial charge in [0, 0.05) is 13.1 Å². The van der Waals surface area contributed by atoms with Crippen molar-refractivity contribution in [3.05, 3.63) is 24.3 Å². The lowest BCUT2D eigenvalue weighted by Crippen LogP contribution is -2.41. The van der Waals surface area contributed by atoms with Crippen LogP contribution in [0.4, 0.5) is 5.69 Å². The Morgan fingerprint density at radius 2 is 1.82 bits per heavy atom. The molecule has 1 spiro atoms. The Bertz CT molecular complexity index is 480. The number of methoxy groups -OCH3 is 1. The monoisotopic (exact) mass is 302 g/mol. The second-order valence-corrected chi connectivity index (χ2v) is 7.04. The Labute approximate surface area is 135 Å². The van der Waals surface area contributed by atoms with Crippen LogP contribution in [0.1, 0.15) is 39.0 Å². The van der Waals surface area contributed by atoms with E-state index in [1.54, 1.807) is 7.11 Å². The summed E-state index contributed by atoms with van der Waals surface area (Å²) in [7, 11) is 1.77. The van der Waals surface area contributed by atoms with Gasteiger partial charge in [0.05, 0.1) is 12.8 Å². The smallest absolute Gasteiger partial charge is 0.142 e. The lowest BCUT2D eigenvalue weighted by atomic mass is 9.78. The van der Waals surface area contributed by atoms with Crippen molar-refractivity contribution in [1.82, 2.24) is 4.90 Å². The van der Waals surface area contributed by atoms with Crippen molar-refractivity contribution in [2.24, 2.45) is 5.41 Å². The van der Waals surface area contributed by atoms with Crippen LogP contribution >= 0.6 is 0 Å². The normalized spacial score (nSPS) is 21.5. The molecule has 0 aromatic heterocycles. The van der Waals surface area contributed by atoms with Gasteiger partial charge in [0.15, 0.2) is 0 Å². The number of benzene rings is 1. The van der Waals surface area contributed by atoms with Crippen molar-refractivity contribution in [2.75, 3.05) is 44.7 Å². The lowest BCUT2D eigenvalue weighted by Gasteiger charge is -2.39.